The zero-order valence-electron chi connectivity index (χ0n) is 11.1. The van der Waals surface area contributed by atoms with Gasteiger partial charge in [-0.15, -0.1) is 0 Å². The zero-order chi connectivity index (χ0) is 12.2. The van der Waals surface area contributed by atoms with Crippen LogP contribution in [0.25, 0.3) is 0 Å². The van der Waals surface area contributed by atoms with Crippen LogP contribution in [0.1, 0.15) is 46.5 Å². The Bertz CT molecular complexity index is 392. The third-order valence-corrected chi connectivity index (χ3v) is 5.10. The second kappa shape index (κ2) is 3.60. The molecule has 3 atom stereocenters. The number of carbonyl (C=O) groups is 1. The largest absolute Gasteiger partial charge is 0.458 e. The number of fused-ring (bicyclic) bond motifs is 2. The zero-order valence-corrected chi connectivity index (χ0v) is 11.1. The fourth-order valence-corrected chi connectivity index (χ4v) is 4.22. The Hall–Kier alpha value is -0.790. The molecule has 1 fully saturated rings. The molecular weight excluding hydrogens is 212 g/mol. The maximum atomic E-state index is 11.7. The summed E-state index contributed by atoms with van der Waals surface area (Å²) >= 11 is 0. The van der Waals surface area contributed by atoms with Gasteiger partial charge in [0.05, 0.1) is 0 Å². The van der Waals surface area contributed by atoms with Crippen molar-refractivity contribution in [3.8, 4) is 0 Å². The van der Waals surface area contributed by atoms with Crippen LogP contribution in [-0.4, -0.2) is 12.6 Å². The van der Waals surface area contributed by atoms with Crippen molar-refractivity contribution in [3.63, 3.8) is 0 Å². The number of esters is 1. The number of cyclic esters (lactones) is 1. The monoisotopic (exact) mass is 234 g/mol. The minimum absolute atomic E-state index is 0.0300. The summed E-state index contributed by atoms with van der Waals surface area (Å²) in [6, 6.07) is 0. The molecule has 0 bridgehead atoms. The fraction of sp³-hybridized carbons (Fsp3) is 0.800. The highest BCUT2D eigenvalue weighted by Crippen LogP contribution is 2.54. The van der Waals surface area contributed by atoms with E-state index < -0.39 is 0 Å². The molecule has 2 aliphatic carbocycles. The van der Waals surface area contributed by atoms with E-state index in [0.717, 1.165) is 30.3 Å². The number of carbonyl (C=O) groups excluding carboxylic acids is 1. The van der Waals surface area contributed by atoms with E-state index >= 15 is 0 Å². The van der Waals surface area contributed by atoms with Gasteiger partial charge < -0.3 is 4.74 Å². The average molecular weight is 234 g/mol. The van der Waals surface area contributed by atoms with E-state index in [1.54, 1.807) is 0 Å². The SMILES string of the molecule is C[C@@H]1CCC2=C(COC2=O)[C@H]2CC(C)(C)C[C@H]12. The number of hydrogen-bond acceptors (Lipinski definition) is 2. The predicted octanol–water partition coefficient (Wildman–Crippen LogP) is 3.32. The lowest BCUT2D eigenvalue weighted by Crippen LogP contribution is -2.17. The highest BCUT2D eigenvalue weighted by Gasteiger charge is 2.47. The Morgan fingerprint density at radius 3 is 2.82 bits per heavy atom. The summed E-state index contributed by atoms with van der Waals surface area (Å²) < 4.78 is 5.25. The molecular formula is C15H22O2. The van der Waals surface area contributed by atoms with Crippen molar-refractivity contribution in [1.82, 2.24) is 0 Å². The van der Waals surface area contributed by atoms with Crippen molar-refractivity contribution >= 4 is 5.97 Å². The molecule has 1 aliphatic heterocycles. The van der Waals surface area contributed by atoms with Crippen LogP contribution in [0, 0.1) is 23.2 Å². The van der Waals surface area contributed by atoms with Gasteiger partial charge in [0.15, 0.2) is 0 Å². The molecule has 3 aliphatic rings. The van der Waals surface area contributed by atoms with Gasteiger partial charge in [0.1, 0.15) is 6.61 Å². The lowest BCUT2D eigenvalue weighted by Gasteiger charge is -2.24. The van der Waals surface area contributed by atoms with Crippen LogP contribution in [0.4, 0.5) is 0 Å². The highest BCUT2D eigenvalue weighted by molar-refractivity contribution is 5.92. The minimum Gasteiger partial charge on any atom is -0.458 e. The first-order valence-electron chi connectivity index (χ1n) is 6.87. The van der Waals surface area contributed by atoms with E-state index in [1.807, 2.05) is 0 Å². The second-order valence-electron chi connectivity index (χ2n) is 6.94. The Labute approximate surface area is 103 Å². The summed E-state index contributed by atoms with van der Waals surface area (Å²) in [6.45, 7) is 7.68. The first-order chi connectivity index (χ1) is 7.98. The first-order valence-corrected chi connectivity index (χ1v) is 6.87. The molecule has 0 aromatic carbocycles. The van der Waals surface area contributed by atoms with E-state index in [-0.39, 0.29) is 5.97 Å². The molecule has 17 heavy (non-hydrogen) atoms. The highest BCUT2D eigenvalue weighted by atomic mass is 16.5. The molecule has 1 heterocycles. The number of hydrogen-bond donors (Lipinski definition) is 0. The van der Waals surface area contributed by atoms with Gasteiger partial charge in [-0.2, -0.15) is 0 Å². The quantitative estimate of drug-likeness (QED) is 0.601. The summed E-state index contributed by atoms with van der Waals surface area (Å²) in [5.74, 6) is 2.11. The van der Waals surface area contributed by atoms with E-state index in [4.69, 9.17) is 4.74 Å². The van der Waals surface area contributed by atoms with Crippen LogP contribution in [0.3, 0.4) is 0 Å². The topological polar surface area (TPSA) is 26.3 Å². The molecule has 0 radical (unpaired) electrons. The summed E-state index contributed by atoms with van der Waals surface area (Å²) in [4.78, 5) is 11.7. The van der Waals surface area contributed by atoms with E-state index in [9.17, 15) is 4.79 Å². The summed E-state index contributed by atoms with van der Waals surface area (Å²) in [6.07, 6.45) is 4.65. The molecule has 0 N–H and O–H groups in total. The number of rotatable bonds is 0. The summed E-state index contributed by atoms with van der Waals surface area (Å²) in [5, 5.41) is 0. The lowest BCUT2D eigenvalue weighted by atomic mass is 9.81. The van der Waals surface area contributed by atoms with Crippen molar-refractivity contribution in [2.45, 2.75) is 46.5 Å². The summed E-state index contributed by atoms with van der Waals surface area (Å²) in [5.41, 5.74) is 2.82. The molecule has 0 amide bonds. The minimum atomic E-state index is -0.0300. The Morgan fingerprint density at radius 1 is 1.29 bits per heavy atom. The van der Waals surface area contributed by atoms with Crippen molar-refractivity contribution in [2.24, 2.45) is 23.2 Å². The average Bonchev–Trinajstić information content (AvgIpc) is 2.72. The summed E-state index contributed by atoms with van der Waals surface area (Å²) in [7, 11) is 0. The molecule has 0 saturated heterocycles. The maximum absolute atomic E-state index is 11.7. The second-order valence-corrected chi connectivity index (χ2v) is 6.94. The van der Waals surface area contributed by atoms with Gasteiger partial charge in [-0.3, -0.25) is 0 Å². The van der Waals surface area contributed by atoms with Gasteiger partial charge in [-0.1, -0.05) is 20.8 Å². The molecule has 0 spiro atoms. The lowest BCUT2D eigenvalue weighted by molar-refractivity contribution is -0.136. The smallest absolute Gasteiger partial charge is 0.334 e. The van der Waals surface area contributed by atoms with Gasteiger partial charge in [0, 0.05) is 5.57 Å². The standard InChI is InChI=1S/C15H22O2/c1-9-4-5-10-13(8-17-14(10)16)12-7-15(2,3)6-11(9)12/h9,11-12H,4-8H2,1-3H3/t9-,11-,12+/m1/s1. The molecule has 0 unspecified atom stereocenters. The molecule has 3 rings (SSSR count). The van der Waals surface area contributed by atoms with Gasteiger partial charge in [-0.25, -0.2) is 4.79 Å². The predicted molar refractivity (Wildman–Crippen MR) is 66.4 cm³/mol. The van der Waals surface area contributed by atoms with Gasteiger partial charge >= 0.3 is 5.97 Å². The van der Waals surface area contributed by atoms with Gasteiger partial charge in [0.2, 0.25) is 0 Å². The molecule has 0 aromatic heterocycles. The third kappa shape index (κ3) is 1.73. The third-order valence-electron chi connectivity index (χ3n) is 5.10. The van der Waals surface area contributed by atoms with Crippen LogP contribution < -0.4 is 0 Å². The first kappa shape index (κ1) is 11.3. The van der Waals surface area contributed by atoms with E-state index in [1.165, 1.54) is 18.4 Å². The molecule has 2 heteroatoms. The maximum Gasteiger partial charge on any atom is 0.334 e. The molecule has 1 saturated carbocycles. The van der Waals surface area contributed by atoms with Crippen LogP contribution in [0.15, 0.2) is 11.1 Å². The van der Waals surface area contributed by atoms with Crippen LogP contribution in [-0.2, 0) is 9.53 Å². The van der Waals surface area contributed by atoms with Crippen LogP contribution in [0.2, 0.25) is 0 Å². The molecule has 2 nitrogen and oxygen atoms in total. The Morgan fingerprint density at radius 2 is 2.06 bits per heavy atom. The normalized spacial score (nSPS) is 39.7. The fourth-order valence-electron chi connectivity index (χ4n) is 4.22. The van der Waals surface area contributed by atoms with Crippen molar-refractivity contribution in [3.05, 3.63) is 11.1 Å². The van der Waals surface area contributed by atoms with Crippen molar-refractivity contribution < 1.29 is 9.53 Å². The van der Waals surface area contributed by atoms with Crippen molar-refractivity contribution in [1.29, 1.82) is 0 Å². The van der Waals surface area contributed by atoms with Crippen LogP contribution >= 0.6 is 0 Å². The van der Waals surface area contributed by atoms with Gasteiger partial charge in [-0.05, 0) is 54.4 Å². The molecule has 0 aromatic rings. The van der Waals surface area contributed by atoms with E-state index in [2.05, 4.69) is 20.8 Å². The van der Waals surface area contributed by atoms with Crippen LogP contribution in [0.5, 0.6) is 0 Å². The molecule has 94 valence electrons. The Kier molecular flexibility index (Phi) is 2.39. The van der Waals surface area contributed by atoms with Gasteiger partial charge in [0.25, 0.3) is 0 Å². The number of ether oxygens (including phenoxy) is 1. The van der Waals surface area contributed by atoms with E-state index in [0.29, 0.717) is 17.9 Å². The van der Waals surface area contributed by atoms with Crippen molar-refractivity contribution in [2.75, 3.05) is 6.61 Å². The Balaban J connectivity index is 1.99.